The van der Waals surface area contributed by atoms with Crippen molar-refractivity contribution in [3.05, 3.63) is 78.4 Å². The number of likely N-dealkylation sites (N-methyl/N-ethyl adjacent to an activating group) is 1. The van der Waals surface area contributed by atoms with E-state index >= 15 is 0 Å². The third kappa shape index (κ3) is 4.92. The lowest BCUT2D eigenvalue weighted by Gasteiger charge is -2.31. The molecule has 186 valence electrons. The highest BCUT2D eigenvalue weighted by atomic mass is 32.2. The minimum absolute atomic E-state index is 0.0907. The zero-order valence-electron chi connectivity index (χ0n) is 20.0. The first-order valence-corrected chi connectivity index (χ1v) is 13.8. The molecule has 5 rings (SSSR count). The number of benzene rings is 3. The molecule has 0 N–H and O–H groups in total. The molecule has 0 bridgehead atoms. The zero-order chi connectivity index (χ0) is 25.3. The Bertz CT molecular complexity index is 1480. The second-order valence-corrected chi connectivity index (χ2v) is 11.6. The molecular formula is C26H26N4O4S2. The number of thiazole rings is 1. The van der Waals surface area contributed by atoms with Gasteiger partial charge in [-0.05, 0) is 55.6 Å². The van der Waals surface area contributed by atoms with E-state index in [-0.39, 0.29) is 10.5 Å². The highest BCUT2D eigenvalue weighted by Gasteiger charge is 2.22. The van der Waals surface area contributed by atoms with E-state index in [2.05, 4.69) is 16.8 Å². The number of piperazine rings is 1. The van der Waals surface area contributed by atoms with E-state index in [0.717, 1.165) is 41.5 Å². The summed E-state index contributed by atoms with van der Waals surface area (Å²) in [7, 11) is -0.144. The van der Waals surface area contributed by atoms with Gasteiger partial charge in [-0.1, -0.05) is 29.5 Å². The van der Waals surface area contributed by atoms with E-state index in [9.17, 15) is 13.2 Å². The highest BCUT2D eigenvalue weighted by Crippen LogP contribution is 2.32. The van der Waals surface area contributed by atoms with Crippen LogP contribution in [-0.4, -0.2) is 64.5 Å². The van der Waals surface area contributed by atoms with E-state index < -0.39 is 16.0 Å². The van der Waals surface area contributed by atoms with Crippen molar-refractivity contribution in [2.75, 3.05) is 49.5 Å². The van der Waals surface area contributed by atoms with Crippen LogP contribution in [0.15, 0.2) is 77.7 Å². The Kier molecular flexibility index (Phi) is 6.65. The second kappa shape index (κ2) is 9.88. The monoisotopic (exact) mass is 522 g/mol. The van der Waals surface area contributed by atoms with Gasteiger partial charge < -0.3 is 14.5 Å². The van der Waals surface area contributed by atoms with Crippen LogP contribution in [-0.2, 0) is 10.0 Å². The topological polar surface area (TPSA) is 83.0 Å². The van der Waals surface area contributed by atoms with Crippen LogP contribution in [0.2, 0.25) is 0 Å². The predicted molar refractivity (Wildman–Crippen MR) is 143 cm³/mol. The van der Waals surface area contributed by atoms with Gasteiger partial charge in [0.15, 0.2) is 5.13 Å². The molecule has 36 heavy (non-hydrogen) atoms. The largest absolute Gasteiger partial charge is 0.423 e. The summed E-state index contributed by atoms with van der Waals surface area (Å²) in [6, 6.07) is 20.0. The van der Waals surface area contributed by atoms with Crippen molar-refractivity contribution >= 4 is 48.4 Å². The molecule has 4 aromatic rings. The molecule has 1 fully saturated rings. The number of anilines is 2. The summed E-state index contributed by atoms with van der Waals surface area (Å²) in [5, 5.41) is 0.971. The van der Waals surface area contributed by atoms with Gasteiger partial charge in [0.25, 0.3) is 10.0 Å². The molecule has 0 radical (unpaired) electrons. The Labute approximate surface area is 214 Å². The third-order valence-corrected chi connectivity index (χ3v) is 9.08. The number of fused-ring (bicyclic) bond motifs is 1. The maximum atomic E-state index is 13.0. The number of rotatable bonds is 6. The van der Waals surface area contributed by atoms with Crippen molar-refractivity contribution in [3.63, 3.8) is 0 Å². The average molecular weight is 523 g/mol. The van der Waals surface area contributed by atoms with Crippen molar-refractivity contribution in [1.82, 2.24) is 9.88 Å². The molecule has 1 aliphatic heterocycles. The lowest BCUT2D eigenvalue weighted by atomic mass is 10.2. The molecule has 8 nitrogen and oxygen atoms in total. The molecule has 0 spiro atoms. The highest BCUT2D eigenvalue weighted by molar-refractivity contribution is 7.92. The van der Waals surface area contributed by atoms with E-state index in [1.54, 1.807) is 41.7 Å². The lowest BCUT2D eigenvalue weighted by molar-refractivity contribution is 0.0735. The summed E-state index contributed by atoms with van der Waals surface area (Å²) >= 11 is 1.58. The Morgan fingerprint density at radius 1 is 0.972 bits per heavy atom. The molecule has 1 saturated heterocycles. The molecular weight excluding hydrogens is 496 g/mol. The van der Waals surface area contributed by atoms with Crippen LogP contribution >= 0.6 is 11.3 Å². The fourth-order valence-corrected chi connectivity index (χ4v) is 6.19. The van der Waals surface area contributed by atoms with Crippen LogP contribution in [0.3, 0.4) is 0 Å². The van der Waals surface area contributed by atoms with Crippen LogP contribution in [0.5, 0.6) is 5.75 Å². The zero-order valence-corrected chi connectivity index (χ0v) is 21.6. The molecule has 1 aromatic heterocycles. The van der Waals surface area contributed by atoms with Crippen molar-refractivity contribution in [1.29, 1.82) is 0 Å². The van der Waals surface area contributed by atoms with Gasteiger partial charge in [-0.15, -0.1) is 0 Å². The molecule has 0 saturated carbocycles. The fraction of sp³-hybridized carbons (Fsp3) is 0.231. The predicted octanol–water partition coefficient (Wildman–Crippen LogP) is 4.09. The summed E-state index contributed by atoms with van der Waals surface area (Å²) < 4.78 is 33.7. The molecule has 0 amide bonds. The van der Waals surface area contributed by atoms with Gasteiger partial charge in [-0.25, -0.2) is 18.2 Å². The average Bonchev–Trinajstić information content (AvgIpc) is 3.32. The summed E-state index contributed by atoms with van der Waals surface area (Å²) in [6.45, 7) is 3.87. The number of ether oxygens (including phenoxy) is 1. The minimum Gasteiger partial charge on any atom is -0.423 e. The molecule has 0 aliphatic carbocycles. The maximum absolute atomic E-state index is 13.0. The number of carbonyl (C=O) groups is 1. The van der Waals surface area contributed by atoms with Crippen molar-refractivity contribution in [2.24, 2.45) is 0 Å². The number of sulfonamides is 1. The summed E-state index contributed by atoms with van der Waals surface area (Å²) in [4.78, 5) is 22.1. The Morgan fingerprint density at radius 3 is 2.36 bits per heavy atom. The van der Waals surface area contributed by atoms with Crippen LogP contribution in [0.4, 0.5) is 10.8 Å². The molecule has 0 atom stereocenters. The number of aromatic nitrogens is 1. The summed E-state index contributed by atoms with van der Waals surface area (Å²) in [5.41, 5.74) is 1.68. The number of hydrogen-bond donors (Lipinski definition) is 0. The normalized spacial score (nSPS) is 14.7. The molecule has 10 heteroatoms. The summed E-state index contributed by atoms with van der Waals surface area (Å²) in [5.74, 6) is -0.139. The van der Waals surface area contributed by atoms with Gasteiger partial charge in [0, 0.05) is 39.3 Å². The maximum Gasteiger partial charge on any atom is 0.343 e. The number of hydrogen-bond acceptors (Lipinski definition) is 8. The first-order valence-electron chi connectivity index (χ1n) is 11.5. The van der Waals surface area contributed by atoms with E-state index in [1.807, 2.05) is 18.2 Å². The van der Waals surface area contributed by atoms with Crippen molar-refractivity contribution in [3.8, 4) is 5.75 Å². The Morgan fingerprint density at radius 2 is 1.67 bits per heavy atom. The van der Waals surface area contributed by atoms with Gasteiger partial charge in [0.1, 0.15) is 5.75 Å². The SMILES string of the molecule is CN1CCN(c2nc3ccc(OC(=O)c4ccc(S(=O)(=O)N(C)c5ccccc5)cc4)cc3s2)CC1. The van der Waals surface area contributed by atoms with Gasteiger partial charge in [0.05, 0.1) is 26.4 Å². The number of para-hydroxylation sites is 1. The minimum atomic E-state index is -3.76. The molecule has 2 heterocycles. The number of esters is 1. The smallest absolute Gasteiger partial charge is 0.343 e. The number of nitrogens with zero attached hydrogens (tertiary/aromatic N) is 4. The van der Waals surface area contributed by atoms with E-state index in [4.69, 9.17) is 9.72 Å². The van der Waals surface area contributed by atoms with E-state index in [0.29, 0.717) is 11.4 Å². The van der Waals surface area contributed by atoms with Crippen LogP contribution in [0.25, 0.3) is 10.2 Å². The quantitative estimate of drug-likeness (QED) is 0.279. The fourth-order valence-electron chi connectivity index (χ4n) is 3.95. The van der Waals surface area contributed by atoms with Crippen molar-refractivity contribution < 1.29 is 17.9 Å². The first kappa shape index (κ1) is 24.2. The third-order valence-electron chi connectivity index (χ3n) is 6.20. The van der Waals surface area contributed by atoms with Gasteiger partial charge in [-0.3, -0.25) is 4.31 Å². The van der Waals surface area contributed by atoms with Gasteiger partial charge in [-0.2, -0.15) is 0 Å². The second-order valence-electron chi connectivity index (χ2n) is 8.64. The molecule has 1 aliphatic rings. The standard InChI is InChI=1S/C26H26N4O4S2/c1-28-14-16-30(17-15-28)26-27-23-13-10-21(18-24(23)35-26)34-25(31)19-8-11-22(12-9-19)36(32,33)29(2)20-6-4-3-5-7-20/h3-13,18H,14-17H2,1-2H3. The van der Waals surface area contributed by atoms with Crippen molar-refractivity contribution in [2.45, 2.75) is 4.90 Å². The molecule has 0 unspecified atom stereocenters. The van der Waals surface area contributed by atoms with E-state index in [1.165, 1.54) is 35.6 Å². The Hall–Kier alpha value is -3.47. The lowest BCUT2D eigenvalue weighted by Crippen LogP contribution is -2.44. The van der Waals surface area contributed by atoms with Crippen LogP contribution in [0, 0.1) is 0 Å². The first-order chi connectivity index (χ1) is 17.3. The summed E-state index contributed by atoms with van der Waals surface area (Å²) in [6.07, 6.45) is 0. The van der Waals surface area contributed by atoms with Crippen LogP contribution in [0.1, 0.15) is 10.4 Å². The van der Waals surface area contributed by atoms with Gasteiger partial charge >= 0.3 is 5.97 Å². The van der Waals surface area contributed by atoms with Gasteiger partial charge in [0.2, 0.25) is 0 Å². The van der Waals surface area contributed by atoms with Crippen LogP contribution < -0.4 is 13.9 Å². The number of carbonyl (C=O) groups excluding carboxylic acids is 1. The molecule has 3 aromatic carbocycles. The Balaban J connectivity index is 1.29.